The second-order valence-electron chi connectivity index (χ2n) is 8.79. The summed E-state index contributed by atoms with van der Waals surface area (Å²) in [5.41, 5.74) is 3.02. The summed E-state index contributed by atoms with van der Waals surface area (Å²) in [6.07, 6.45) is 4.33. The Balaban J connectivity index is 1.58. The molecule has 3 heterocycles. The normalized spacial score (nSPS) is 33.2. The molecule has 1 spiro atoms. The summed E-state index contributed by atoms with van der Waals surface area (Å²) >= 11 is 0. The molecule has 26 heavy (non-hydrogen) atoms. The Bertz CT molecular complexity index is 705. The molecule has 6 heteroatoms. The number of carbonyl (C=O) groups excluding carboxylic acids is 1. The first-order valence-corrected chi connectivity index (χ1v) is 10.1. The molecule has 2 aliphatic heterocycles. The molecule has 1 saturated heterocycles. The third kappa shape index (κ3) is 2.69. The molecule has 3 aliphatic rings. The van der Waals surface area contributed by atoms with E-state index in [1.54, 1.807) is 0 Å². The van der Waals surface area contributed by atoms with Crippen molar-refractivity contribution >= 4 is 5.91 Å². The van der Waals surface area contributed by atoms with Gasteiger partial charge in [-0.3, -0.25) is 9.48 Å². The van der Waals surface area contributed by atoms with Crippen molar-refractivity contribution in [2.24, 2.45) is 5.92 Å². The Morgan fingerprint density at radius 1 is 1.35 bits per heavy atom. The van der Waals surface area contributed by atoms with E-state index >= 15 is 0 Å². The van der Waals surface area contributed by atoms with Crippen LogP contribution in [0.1, 0.15) is 67.9 Å². The van der Waals surface area contributed by atoms with E-state index in [1.165, 1.54) is 0 Å². The fourth-order valence-corrected chi connectivity index (χ4v) is 5.33. The first-order valence-electron chi connectivity index (χ1n) is 10.1. The molecule has 6 nitrogen and oxygen atoms in total. The number of likely N-dealkylation sites (tertiary alicyclic amines) is 1. The second kappa shape index (κ2) is 6.34. The highest BCUT2D eigenvalue weighted by Crippen LogP contribution is 2.51. The van der Waals surface area contributed by atoms with Gasteiger partial charge in [-0.15, -0.1) is 0 Å². The number of hydrogen-bond donors (Lipinski definition) is 0. The van der Waals surface area contributed by atoms with Crippen LogP contribution in [0.25, 0.3) is 0 Å². The Hall–Kier alpha value is -1.40. The molecule has 2 fully saturated rings. The fourth-order valence-electron chi connectivity index (χ4n) is 5.33. The predicted octanol–water partition coefficient (Wildman–Crippen LogP) is 2.48. The smallest absolute Gasteiger partial charge is 0.272 e. The first kappa shape index (κ1) is 18.0. The van der Waals surface area contributed by atoms with Crippen molar-refractivity contribution < 1.29 is 9.53 Å². The molecule has 0 unspecified atom stereocenters. The lowest BCUT2D eigenvalue weighted by atomic mass is 9.61. The topological polar surface area (TPSA) is 50.6 Å². The van der Waals surface area contributed by atoms with Crippen LogP contribution < -0.4 is 0 Å². The SMILES string of the molecule is CCn1nc2c(c1C(=O)N1CCC13CC(CN(C)C)C3)C[C@H](C)O[C@@H]2C. The van der Waals surface area contributed by atoms with Gasteiger partial charge in [0.05, 0.1) is 17.9 Å². The molecule has 2 atom stereocenters. The Kier molecular flexibility index (Phi) is 4.39. The fraction of sp³-hybridized carbons (Fsp3) is 0.800. The third-order valence-corrected chi connectivity index (χ3v) is 6.48. The van der Waals surface area contributed by atoms with Gasteiger partial charge in [-0.05, 0) is 60.0 Å². The lowest BCUT2D eigenvalue weighted by Gasteiger charge is -2.62. The van der Waals surface area contributed by atoms with Crippen molar-refractivity contribution in [1.29, 1.82) is 0 Å². The van der Waals surface area contributed by atoms with Crippen LogP contribution in [0, 0.1) is 5.92 Å². The zero-order valence-corrected chi connectivity index (χ0v) is 16.8. The van der Waals surface area contributed by atoms with E-state index in [2.05, 4.69) is 37.7 Å². The van der Waals surface area contributed by atoms with Crippen LogP contribution in [0.5, 0.6) is 0 Å². The Morgan fingerprint density at radius 3 is 2.65 bits per heavy atom. The van der Waals surface area contributed by atoms with E-state index in [9.17, 15) is 4.79 Å². The maximum Gasteiger partial charge on any atom is 0.272 e. The average molecular weight is 361 g/mol. The molecule has 1 aromatic rings. The lowest BCUT2D eigenvalue weighted by molar-refractivity contribution is -0.0839. The van der Waals surface area contributed by atoms with E-state index in [4.69, 9.17) is 9.84 Å². The van der Waals surface area contributed by atoms with Crippen molar-refractivity contribution in [2.45, 2.75) is 70.7 Å². The highest BCUT2D eigenvalue weighted by molar-refractivity contribution is 5.95. The monoisotopic (exact) mass is 360 g/mol. The standard InChI is InChI=1S/C20H32N4O2/c1-6-24-18(16-9-13(2)26-14(3)17(16)21-24)19(25)23-8-7-20(23)10-15(11-20)12-22(4)5/h13-15H,6-12H2,1-5H3/t13-,14+,15?,20?/m0/s1. The quantitative estimate of drug-likeness (QED) is 0.828. The highest BCUT2D eigenvalue weighted by Gasteiger charge is 2.56. The number of rotatable bonds is 4. The van der Waals surface area contributed by atoms with Crippen molar-refractivity contribution in [3.8, 4) is 0 Å². The van der Waals surface area contributed by atoms with Gasteiger partial charge in [0.25, 0.3) is 5.91 Å². The molecule has 1 aromatic heterocycles. The largest absolute Gasteiger partial charge is 0.369 e. The zero-order valence-electron chi connectivity index (χ0n) is 16.8. The van der Waals surface area contributed by atoms with Crippen LogP contribution in [0.15, 0.2) is 0 Å². The van der Waals surface area contributed by atoms with Gasteiger partial charge in [-0.25, -0.2) is 0 Å². The van der Waals surface area contributed by atoms with Crippen LogP contribution in [-0.4, -0.2) is 64.3 Å². The van der Waals surface area contributed by atoms with Gasteiger partial charge in [0.1, 0.15) is 5.69 Å². The van der Waals surface area contributed by atoms with E-state index in [0.717, 1.165) is 68.2 Å². The predicted molar refractivity (Wildman–Crippen MR) is 100 cm³/mol. The second-order valence-corrected chi connectivity index (χ2v) is 8.79. The molecule has 0 radical (unpaired) electrons. The van der Waals surface area contributed by atoms with E-state index in [1.807, 2.05) is 11.6 Å². The van der Waals surface area contributed by atoms with Crippen LogP contribution in [-0.2, 0) is 17.7 Å². The molecular formula is C20H32N4O2. The highest BCUT2D eigenvalue weighted by atomic mass is 16.5. The number of nitrogens with zero attached hydrogens (tertiary/aromatic N) is 4. The summed E-state index contributed by atoms with van der Waals surface area (Å²) in [5, 5.41) is 4.73. The molecule has 4 rings (SSSR count). The summed E-state index contributed by atoms with van der Waals surface area (Å²) in [4.78, 5) is 17.9. The summed E-state index contributed by atoms with van der Waals surface area (Å²) < 4.78 is 7.83. The number of aryl methyl sites for hydroxylation is 1. The molecule has 0 N–H and O–H groups in total. The summed E-state index contributed by atoms with van der Waals surface area (Å²) in [5.74, 6) is 0.912. The molecule has 1 amide bonds. The molecule has 1 saturated carbocycles. The minimum atomic E-state index is -0.0355. The summed E-state index contributed by atoms with van der Waals surface area (Å²) in [7, 11) is 4.26. The zero-order chi connectivity index (χ0) is 18.6. The molecule has 144 valence electrons. The van der Waals surface area contributed by atoms with E-state index in [-0.39, 0.29) is 23.7 Å². The first-order chi connectivity index (χ1) is 12.3. The van der Waals surface area contributed by atoms with E-state index in [0.29, 0.717) is 0 Å². The maximum atomic E-state index is 13.5. The van der Waals surface area contributed by atoms with Crippen LogP contribution >= 0.6 is 0 Å². The van der Waals surface area contributed by atoms with Gasteiger partial charge in [-0.1, -0.05) is 0 Å². The number of carbonyl (C=O) groups is 1. The van der Waals surface area contributed by atoms with Crippen LogP contribution in [0.4, 0.5) is 0 Å². The lowest BCUT2D eigenvalue weighted by Crippen LogP contribution is -2.69. The van der Waals surface area contributed by atoms with Gasteiger partial charge in [0.15, 0.2) is 0 Å². The third-order valence-electron chi connectivity index (χ3n) is 6.48. The minimum absolute atomic E-state index is 0.0355. The number of amides is 1. The van der Waals surface area contributed by atoms with Crippen molar-refractivity contribution in [3.05, 3.63) is 17.0 Å². The minimum Gasteiger partial charge on any atom is -0.369 e. The van der Waals surface area contributed by atoms with Crippen molar-refractivity contribution in [1.82, 2.24) is 19.6 Å². The molecule has 1 aliphatic carbocycles. The van der Waals surface area contributed by atoms with Gasteiger partial charge in [0, 0.05) is 37.2 Å². The van der Waals surface area contributed by atoms with Crippen LogP contribution in [0.3, 0.4) is 0 Å². The Labute approximate surface area is 156 Å². The van der Waals surface area contributed by atoms with Crippen molar-refractivity contribution in [3.63, 3.8) is 0 Å². The van der Waals surface area contributed by atoms with Gasteiger partial charge in [-0.2, -0.15) is 5.10 Å². The maximum absolute atomic E-state index is 13.5. The van der Waals surface area contributed by atoms with E-state index < -0.39 is 0 Å². The average Bonchev–Trinajstić information content (AvgIpc) is 2.87. The number of fused-ring (bicyclic) bond motifs is 1. The molecule has 0 aromatic carbocycles. The number of hydrogen-bond acceptors (Lipinski definition) is 4. The summed E-state index contributed by atoms with van der Waals surface area (Å²) in [6.45, 7) is 8.92. The number of aromatic nitrogens is 2. The van der Waals surface area contributed by atoms with Gasteiger partial charge in [0.2, 0.25) is 0 Å². The molecular weight excluding hydrogens is 328 g/mol. The summed E-state index contributed by atoms with van der Waals surface area (Å²) in [6, 6.07) is 0. The van der Waals surface area contributed by atoms with Crippen LogP contribution in [0.2, 0.25) is 0 Å². The van der Waals surface area contributed by atoms with Gasteiger partial charge < -0.3 is 14.5 Å². The Morgan fingerprint density at radius 2 is 2.08 bits per heavy atom. The van der Waals surface area contributed by atoms with Crippen molar-refractivity contribution in [2.75, 3.05) is 27.2 Å². The van der Waals surface area contributed by atoms with Gasteiger partial charge >= 0.3 is 0 Å². The molecule has 0 bridgehead atoms. The number of ether oxygens (including phenoxy) is 1.